The van der Waals surface area contributed by atoms with Crippen LogP contribution in [0.4, 0.5) is 0 Å². The van der Waals surface area contributed by atoms with E-state index in [9.17, 15) is 10.1 Å². The second kappa shape index (κ2) is 4.57. The molecule has 0 unspecified atom stereocenters. The fraction of sp³-hybridized carbons (Fsp3) is 0.857. The van der Waals surface area contributed by atoms with E-state index in [1.807, 2.05) is 20.8 Å². The minimum atomic E-state index is -0.708. The molecule has 0 spiro atoms. The highest BCUT2D eigenvalue weighted by atomic mass is 16.1. The van der Waals surface area contributed by atoms with Crippen LogP contribution in [0, 0.1) is 28.1 Å². The molecule has 1 fully saturated rings. The lowest BCUT2D eigenvalue weighted by Gasteiger charge is -2.51. The summed E-state index contributed by atoms with van der Waals surface area (Å²) in [5.41, 5.74) is -0.936. The Morgan fingerprint density at radius 3 is 2.44 bits per heavy atom. The van der Waals surface area contributed by atoms with Gasteiger partial charge in [-0.3, -0.25) is 4.79 Å². The molecule has 1 saturated carbocycles. The van der Waals surface area contributed by atoms with Gasteiger partial charge in [-0.2, -0.15) is 5.26 Å². The first-order valence-corrected chi connectivity index (χ1v) is 6.34. The van der Waals surface area contributed by atoms with Crippen LogP contribution in [0.3, 0.4) is 0 Å². The molecule has 0 bridgehead atoms. The average molecular weight is 221 g/mol. The van der Waals surface area contributed by atoms with Crippen LogP contribution >= 0.6 is 0 Å². The third-order valence-corrected chi connectivity index (χ3v) is 4.00. The van der Waals surface area contributed by atoms with Gasteiger partial charge in [0.2, 0.25) is 0 Å². The van der Waals surface area contributed by atoms with Crippen LogP contribution in [0.25, 0.3) is 0 Å². The van der Waals surface area contributed by atoms with Crippen molar-refractivity contribution in [2.24, 2.45) is 16.7 Å². The van der Waals surface area contributed by atoms with Gasteiger partial charge in [-0.15, -0.1) is 0 Å². The van der Waals surface area contributed by atoms with Gasteiger partial charge in [0.25, 0.3) is 0 Å². The second-order valence-electron chi connectivity index (χ2n) is 5.99. The second-order valence-corrected chi connectivity index (χ2v) is 5.99. The monoisotopic (exact) mass is 221 g/mol. The van der Waals surface area contributed by atoms with E-state index in [4.69, 9.17) is 0 Å². The molecule has 0 aromatic heterocycles. The highest BCUT2D eigenvalue weighted by Crippen LogP contribution is 2.56. The number of nitrogens with zero attached hydrogens (tertiary/aromatic N) is 1. The van der Waals surface area contributed by atoms with Crippen LogP contribution < -0.4 is 0 Å². The van der Waals surface area contributed by atoms with Gasteiger partial charge in [-0.05, 0) is 17.8 Å². The minimum Gasteiger partial charge on any atom is -0.298 e. The van der Waals surface area contributed by atoms with Crippen molar-refractivity contribution >= 4 is 5.78 Å². The lowest BCUT2D eigenvalue weighted by atomic mass is 9.48. The van der Waals surface area contributed by atoms with Crippen molar-refractivity contribution in [1.82, 2.24) is 0 Å². The molecule has 0 radical (unpaired) electrons. The number of carbonyl (C=O) groups excluding carboxylic acids is 1. The topological polar surface area (TPSA) is 40.9 Å². The van der Waals surface area contributed by atoms with Crippen LogP contribution in [-0.2, 0) is 4.79 Å². The molecule has 0 aromatic rings. The molecule has 2 atom stereocenters. The molecule has 90 valence electrons. The van der Waals surface area contributed by atoms with E-state index in [0.29, 0.717) is 6.42 Å². The number of hydrogen-bond donors (Lipinski definition) is 0. The minimum absolute atomic E-state index is 0.156. The number of ketones is 1. The van der Waals surface area contributed by atoms with Crippen LogP contribution in [0.5, 0.6) is 0 Å². The van der Waals surface area contributed by atoms with E-state index in [-0.39, 0.29) is 17.1 Å². The fourth-order valence-corrected chi connectivity index (χ4v) is 2.95. The maximum absolute atomic E-state index is 11.9. The molecule has 0 N–H and O–H groups in total. The van der Waals surface area contributed by atoms with Gasteiger partial charge in [0.15, 0.2) is 5.78 Å². The molecular weight excluding hydrogens is 198 g/mol. The Labute approximate surface area is 99.0 Å². The van der Waals surface area contributed by atoms with Crippen molar-refractivity contribution in [1.29, 1.82) is 5.26 Å². The maximum atomic E-state index is 11.9. The number of carbonyl (C=O) groups is 1. The van der Waals surface area contributed by atoms with Crippen molar-refractivity contribution in [3.63, 3.8) is 0 Å². The summed E-state index contributed by atoms with van der Waals surface area (Å²) < 4.78 is 0. The van der Waals surface area contributed by atoms with E-state index in [2.05, 4.69) is 13.0 Å². The number of nitriles is 1. The number of hydrogen-bond acceptors (Lipinski definition) is 2. The van der Waals surface area contributed by atoms with Crippen LogP contribution in [-0.4, -0.2) is 5.78 Å². The molecular formula is C14H23NO. The zero-order chi connectivity index (χ0) is 12.4. The summed E-state index contributed by atoms with van der Waals surface area (Å²) in [6.45, 7) is 8.22. The molecule has 0 aromatic carbocycles. The Kier molecular flexibility index (Phi) is 3.78. The van der Waals surface area contributed by atoms with Crippen LogP contribution in [0.15, 0.2) is 0 Å². The van der Waals surface area contributed by atoms with Crippen LogP contribution in [0.2, 0.25) is 0 Å². The van der Waals surface area contributed by atoms with Crippen LogP contribution in [0.1, 0.15) is 59.8 Å². The summed E-state index contributed by atoms with van der Waals surface area (Å²) in [6, 6.07) is 2.33. The SMILES string of the molecule is CCCCC[C@@H]1CC(=O)[C@@]1(C#N)C(C)(C)C. The highest BCUT2D eigenvalue weighted by Gasteiger charge is 2.61. The molecule has 1 aliphatic rings. The molecule has 16 heavy (non-hydrogen) atoms. The van der Waals surface area contributed by atoms with E-state index in [1.54, 1.807) is 0 Å². The summed E-state index contributed by atoms with van der Waals surface area (Å²) in [6.07, 6.45) is 5.19. The lowest BCUT2D eigenvalue weighted by Crippen LogP contribution is -2.56. The molecule has 1 rings (SSSR count). The molecule has 1 aliphatic carbocycles. The van der Waals surface area contributed by atoms with Crippen molar-refractivity contribution in [2.45, 2.75) is 59.8 Å². The molecule has 2 heteroatoms. The maximum Gasteiger partial charge on any atom is 0.154 e. The summed E-state index contributed by atoms with van der Waals surface area (Å²) in [5, 5.41) is 9.40. The predicted octanol–water partition coefficient (Wildman–Crippen LogP) is 3.71. The van der Waals surface area contributed by atoms with Gasteiger partial charge in [0.05, 0.1) is 6.07 Å². The fourth-order valence-electron chi connectivity index (χ4n) is 2.95. The molecule has 0 heterocycles. The molecule has 0 amide bonds. The molecule has 0 saturated heterocycles. The average Bonchev–Trinajstić information content (AvgIpc) is 2.15. The predicted molar refractivity (Wildman–Crippen MR) is 64.8 cm³/mol. The van der Waals surface area contributed by atoms with E-state index in [0.717, 1.165) is 12.8 Å². The Balaban J connectivity index is 2.75. The van der Waals surface area contributed by atoms with Crippen molar-refractivity contribution in [3.05, 3.63) is 0 Å². The Bertz CT molecular complexity index is 308. The normalized spacial score (nSPS) is 29.7. The number of Topliss-reactive ketones (excluding diaryl/α,β-unsaturated/α-hetero) is 1. The van der Waals surface area contributed by atoms with Gasteiger partial charge in [-0.1, -0.05) is 47.0 Å². The first-order valence-electron chi connectivity index (χ1n) is 6.34. The standard InChI is InChI=1S/C14H23NO/c1-5-6-7-8-11-9-12(16)14(11,10-15)13(2,3)4/h11H,5-9H2,1-4H3/t11-,14+/m1/s1. The summed E-state index contributed by atoms with van der Waals surface area (Å²) >= 11 is 0. The van der Waals surface area contributed by atoms with Gasteiger partial charge >= 0.3 is 0 Å². The van der Waals surface area contributed by atoms with Gasteiger partial charge < -0.3 is 0 Å². The van der Waals surface area contributed by atoms with E-state index >= 15 is 0 Å². The number of rotatable bonds is 4. The Morgan fingerprint density at radius 2 is 2.06 bits per heavy atom. The zero-order valence-electron chi connectivity index (χ0n) is 11.0. The zero-order valence-corrected chi connectivity index (χ0v) is 11.0. The number of unbranched alkanes of at least 4 members (excludes halogenated alkanes) is 2. The third kappa shape index (κ3) is 1.88. The summed E-state index contributed by atoms with van der Waals surface area (Å²) in [4.78, 5) is 11.9. The van der Waals surface area contributed by atoms with Crippen molar-refractivity contribution in [3.8, 4) is 6.07 Å². The van der Waals surface area contributed by atoms with Gasteiger partial charge in [0, 0.05) is 6.42 Å². The highest BCUT2D eigenvalue weighted by molar-refractivity contribution is 5.95. The Morgan fingerprint density at radius 1 is 1.44 bits per heavy atom. The summed E-state index contributed by atoms with van der Waals surface area (Å²) in [7, 11) is 0. The van der Waals surface area contributed by atoms with E-state index < -0.39 is 5.41 Å². The smallest absolute Gasteiger partial charge is 0.154 e. The van der Waals surface area contributed by atoms with Crippen molar-refractivity contribution < 1.29 is 4.79 Å². The summed E-state index contributed by atoms with van der Waals surface area (Å²) in [5.74, 6) is 0.445. The third-order valence-electron chi connectivity index (χ3n) is 4.00. The van der Waals surface area contributed by atoms with Gasteiger partial charge in [0.1, 0.15) is 5.41 Å². The van der Waals surface area contributed by atoms with Gasteiger partial charge in [-0.25, -0.2) is 0 Å². The first kappa shape index (κ1) is 13.2. The molecule has 2 nitrogen and oxygen atoms in total. The van der Waals surface area contributed by atoms with E-state index in [1.165, 1.54) is 12.8 Å². The largest absolute Gasteiger partial charge is 0.298 e. The van der Waals surface area contributed by atoms with Crippen molar-refractivity contribution in [2.75, 3.05) is 0 Å². The molecule has 0 aliphatic heterocycles. The Hall–Kier alpha value is -0.840. The quantitative estimate of drug-likeness (QED) is 0.679. The first-order chi connectivity index (χ1) is 7.40. The lowest BCUT2D eigenvalue weighted by molar-refractivity contribution is -0.150.